The Bertz CT molecular complexity index is 981. The highest BCUT2D eigenvalue weighted by Crippen LogP contribution is 2.18. The summed E-state index contributed by atoms with van der Waals surface area (Å²) in [5.41, 5.74) is 5.00. The Morgan fingerprint density at radius 3 is 2.79 bits per heavy atom. The van der Waals surface area contributed by atoms with Gasteiger partial charge in [-0.05, 0) is 30.2 Å². The van der Waals surface area contributed by atoms with E-state index in [0.717, 1.165) is 4.90 Å². The molecule has 150 valence electrons. The van der Waals surface area contributed by atoms with Crippen LogP contribution in [0.3, 0.4) is 0 Å². The van der Waals surface area contributed by atoms with Crippen molar-refractivity contribution in [2.45, 2.75) is 19.9 Å². The minimum Gasteiger partial charge on any atom is -0.383 e. The number of carbonyl (C=O) groups excluding carboxylic acids is 1. The Balaban J connectivity index is 2.46. The van der Waals surface area contributed by atoms with E-state index in [2.05, 4.69) is 4.98 Å². The molecule has 0 aliphatic rings. The van der Waals surface area contributed by atoms with Crippen LogP contribution in [0.25, 0.3) is 6.08 Å². The highest BCUT2D eigenvalue weighted by atomic mass is 19.1. The van der Waals surface area contributed by atoms with Gasteiger partial charge in [-0.25, -0.2) is 9.18 Å². The third kappa shape index (κ3) is 4.95. The summed E-state index contributed by atoms with van der Waals surface area (Å²) < 4.78 is 19.5. The van der Waals surface area contributed by atoms with Crippen LogP contribution in [0.15, 0.2) is 39.9 Å². The molecule has 0 radical (unpaired) electrons. The third-order valence-corrected chi connectivity index (χ3v) is 3.98. The van der Waals surface area contributed by atoms with Crippen LogP contribution >= 0.6 is 0 Å². The van der Waals surface area contributed by atoms with Gasteiger partial charge < -0.3 is 10.5 Å². The monoisotopic (exact) mass is 390 g/mol. The number of aromatic nitrogens is 2. The van der Waals surface area contributed by atoms with E-state index in [1.54, 1.807) is 6.07 Å². The van der Waals surface area contributed by atoms with E-state index in [9.17, 15) is 18.8 Å². The highest BCUT2D eigenvalue weighted by molar-refractivity contribution is 6.05. The van der Waals surface area contributed by atoms with Crippen molar-refractivity contribution in [1.82, 2.24) is 9.55 Å². The largest absolute Gasteiger partial charge is 0.383 e. The lowest BCUT2D eigenvalue weighted by atomic mass is 10.2. The van der Waals surface area contributed by atoms with Gasteiger partial charge in [0.25, 0.3) is 11.5 Å². The van der Waals surface area contributed by atoms with Gasteiger partial charge in [0.1, 0.15) is 11.6 Å². The van der Waals surface area contributed by atoms with Gasteiger partial charge in [-0.3, -0.25) is 24.0 Å². The van der Waals surface area contributed by atoms with E-state index in [4.69, 9.17) is 10.5 Å². The number of nitrogens with one attached hydrogen (secondary N) is 1. The molecule has 3 N–H and O–H groups in total. The molecule has 0 unspecified atom stereocenters. The van der Waals surface area contributed by atoms with Gasteiger partial charge in [0.15, 0.2) is 5.69 Å². The summed E-state index contributed by atoms with van der Waals surface area (Å²) in [5, 5.41) is 0. The van der Waals surface area contributed by atoms with Crippen LogP contribution in [0, 0.1) is 5.82 Å². The molecular weight excluding hydrogens is 367 g/mol. The topological polar surface area (TPSA) is 110 Å². The van der Waals surface area contributed by atoms with Crippen LogP contribution in [0.4, 0.5) is 15.9 Å². The second-order valence-corrected chi connectivity index (χ2v) is 6.02. The molecular formula is C19H23FN4O4. The molecule has 2 rings (SSSR count). The lowest BCUT2D eigenvalue weighted by Gasteiger charge is -2.23. The van der Waals surface area contributed by atoms with Crippen LogP contribution < -0.4 is 21.9 Å². The number of carbonyl (C=O) groups is 1. The number of H-pyrrole nitrogens is 1. The minimum atomic E-state index is -0.765. The maximum Gasteiger partial charge on any atom is 0.330 e. The highest BCUT2D eigenvalue weighted by Gasteiger charge is 2.22. The molecule has 0 saturated heterocycles. The molecule has 0 aliphatic heterocycles. The van der Waals surface area contributed by atoms with Crippen molar-refractivity contribution >= 4 is 23.5 Å². The predicted octanol–water partition coefficient (Wildman–Crippen LogP) is 1.36. The second-order valence-electron chi connectivity index (χ2n) is 6.02. The fourth-order valence-corrected chi connectivity index (χ4v) is 2.67. The fraction of sp³-hybridized carbons (Fsp3) is 0.316. The van der Waals surface area contributed by atoms with Gasteiger partial charge >= 0.3 is 5.69 Å². The number of aromatic amines is 1. The molecule has 1 aromatic heterocycles. The third-order valence-electron chi connectivity index (χ3n) is 3.98. The van der Waals surface area contributed by atoms with Crippen LogP contribution in [0.5, 0.6) is 0 Å². The van der Waals surface area contributed by atoms with E-state index in [0.29, 0.717) is 18.5 Å². The van der Waals surface area contributed by atoms with Crippen molar-refractivity contribution in [1.29, 1.82) is 0 Å². The summed E-state index contributed by atoms with van der Waals surface area (Å²) in [4.78, 5) is 40.5. The minimum absolute atomic E-state index is 0.0421. The number of hydrogen-bond acceptors (Lipinski definition) is 5. The summed E-state index contributed by atoms with van der Waals surface area (Å²) in [5.74, 6) is -1.09. The average Bonchev–Trinajstić information content (AvgIpc) is 2.65. The van der Waals surface area contributed by atoms with Gasteiger partial charge in [-0.2, -0.15) is 0 Å². The molecule has 0 saturated carbocycles. The second kappa shape index (κ2) is 9.65. The Morgan fingerprint density at radius 1 is 1.39 bits per heavy atom. The van der Waals surface area contributed by atoms with Crippen molar-refractivity contribution in [2.24, 2.45) is 0 Å². The zero-order valence-electron chi connectivity index (χ0n) is 15.8. The molecule has 9 heteroatoms. The van der Waals surface area contributed by atoms with E-state index in [1.165, 1.54) is 42.0 Å². The zero-order valence-corrected chi connectivity index (χ0v) is 15.8. The Morgan fingerprint density at radius 2 is 2.14 bits per heavy atom. The first-order chi connectivity index (χ1) is 13.4. The van der Waals surface area contributed by atoms with E-state index >= 15 is 0 Å². The van der Waals surface area contributed by atoms with Crippen molar-refractivity contribution in [3.05, 3.63) is 62.6 Å². The van der Waals surface area contributed by atoms with Gasteiger partial charge in [0.05, 0.1) is 6.61 Å². The number of rotatable bonds is 8. The van der Waals surface area contributed by atoms with Crippen LogP contribution in [-0.4, -0.2) is 35.7 Å². The predicted molar refractivity (Wildman–Crippen MR) is 106 cm³/mol. The Kier molecular flexibility index (Phi) is 7.28. The summed E-state index contributed by atoms with van der Waals surface area (Å²) in [6, 6.07) is 5.72. The van der Waals surface area contributed by atoms with Crippen LogP contribution in [-0.2, 0) is 16.1 Å². The van der Waals surface area contributed by atoms with Gasteiger partial charge in [-0.15, -0.1) is 0 Å². The number of nitrogens with two attached hydrogens (primary N) is 1. The molecule has 0 atom stereocenters. The van der Waals surface area contributed by atoms with Crippen molar-refractivity contribution in [3.8, 4) is 0 Å². The van der Waals surface area contributed by atoms with E-state index in [1.807, 2.05) is 6.92 Å². The summed E-state index contributed by atoms with van der Waals surface area (Å²) in [6.45, 7) is 2.33. The first-order valence-electron chi connectivity index (χ1n) is 8.75. The molecule has 1 amide bonds. The Hall–Kier alpha value is -3.20. The number of anilines is 2. The molecule has 28 heavy (non-hydrogen) atoms. The fourth-order valence-electron chi connectivity index (χ4n) is 2.67. The summed E-state index contributed by atoms with van der Waals surface area (Å²) in [6.07, 6.45) is 3.25. The molecule has 0 aliphatic carbocycles. The molecule has 0 fully saturated rings. The number of ether oxygens (including phenoxy) is 1. The lowest BCUT2D eigenvalue weighted by Crippen LogP contribution is -2.42. The van der Waals surface area contributed by atoms with E-state index in [-0.39, 0.29) is 24.7 Å². The number of amides is 1. The number of nitrogens with zero attached hydrogens (tertiary/aromatic N) is 2. The first-order valence-corrected chi connectivity index (χ1v) is 8.75. The normalized spacial score (nSPS) is 11.1. The van der Waals surface area contributed by atoms with Gasteiger partial charge in [-0.1, -0.05) is 19.1 Å². The van der Waals surface area contributed by atoms with Crippen LogP contribution in [0.1, 0.15) is 18.9 Å². The lowest BCUT2D eigenvalue weighted by molar-refractivity contribution is -0.114. The number of hydrogen-bond donors (Lipinski definition) is 2. The Labute approximate surface area is 161 Å². The number of methoxy groups -OCH3 is 1. The number of halogens is 1. The summed E-state index contributed by atoms with van der Waals surface area (Å²) in [7, 11) is 1.46. The van der Waals surface area contributed by atoms with Crippen molar-refractivity contribution < 1.29 is 13.9 Å². The van der Waals surface area contributed by atoms with Crippen molar-refractivity contribution in [3.63, 3.8) is 0 Å². The molecule has 8 nitrogen and oxygen atoms in total. The quantitative estimate of drug-likeness (QED) is 0.662. The number of nitrogen functional groups attached to an aromatic ring is 1. The van der Waals surface area contributed by atoms with Gasteiger partial charge in [0.2, 0.25) is 0 Å². The summed E-state index contributed by atoms with van der Waals surface area (Å²) >= 11 is 0. The molecule has 0 spiro atoms. The van der Waals surface area contributed by atoms with Gasteiger partial charge in [0, 0.05) is 26.3 Å². The van der Waals surface area contributed by atoms with Crippen molar-refractivity contribution in [2.75, 3.05) is 30.9 Å². The molecule has 1 aromatic carbocycles. The SMILES string of the molecule is CCCn1c(N)c(N(CCOC)C(=O)C=Cc2cccc(F)c2)c(=O)[nH]c1=O. The standard InChI is InChI=1S/C19H23FN4O4/c1-3-9-24-17(21)16(18(26)22-19(24)27)23(10-11-28-2)15(25)8-7-13-5-4-6-14(20)12-13/h4-8,12H,3,9-11,21H2,1-2H3,(H,22,26,27). The molecule has 1 heterocycles. The number of benzene rings is 1. The first kappa shape index (κ1) is 21.1. The maximum absolute atomic E-state index is 13.3. The molecule has 2 aromatic rings. The average molecular weight is 390 g/mol. The smallest absolute Gasteiger partial charge is 0.330 e. The zero-order chi connectivity index (χ0) is 20.7. The molecule has 0 bridgehead atoms. The maximum atomic E-state index is 13.3. The van der Waals surface area contributed by atoms with Crippen LogP contribution in [0.2, 0.25) is 0 Å². The van der Waals surface area contributed by atoms with E-state index < -0.39 is 23.0 Å².